The van der Waals surface area contributed by atoms with Gasteiger partial charge in [0.1, 0.15) is 5.82 Å². The van der Waals surface area contributed by atoms with Crippen LogP contribution in [0.15, 0.2) is 16.6 Å². The summed E-state index contributed by atoms with van der Waals surface area (Å²) < 4.78 is 13.6. The molecule has 1 aromatic heterocycles. The molecule has 1 aromatic carbocycles. The lowest BCUT2D eigenvalue weighted by atomic mass is 10.3. The molecule has 2 aromatic rings. The standard InChI is InChI=1S/C11H9BrCl2FN5/c1-2-16-10-18-9(14)19-11(20-10)17-8-6(12)3-5(15)4-7(8)13/h3-4H,2H2,1H3,(H2,16,17,18,19,20). The lowest BCUT2D eigenvalue weighted by Crippen LogP contribution is -2.07. The van der Waals surface area contributed by atoms with Gasteiger partial charge in [-0.3, -0.25) is 0 Å². The first-order chi connectivity index (χ1) is 9.49. The molecule has 0 bridgehead atoms. The zero-order valence-electron chi connectivity index (χ0n) is 10.2. The lowest BCUT2D eigenvalue weighted by Gasteiger charge is -2.10. The first-order valence-electron chi connectivity index (χ1n) is 5.56. The molecule has 106 valence electrons. The van der Waals surface area contributed by atoms with Gasteiger partial charge in [0.25, 0.3) is 0 Å². The Bertz CT molecular complexity index is 617. The van der Waals surface area contributed by atoms with Gasteiger partial charge in [-0.05, 0) is 46.6 Å². The third-order valence-electron chi connectivity index (χ3n) is 2.19. The Hall–Kier alpha value is -1.18. The van der Waals surface area contributed by atoms with E-state index >= 15 is 0 Å². The summed E-state index contributed by atoms with van der Waals surface area (Å²) in [6.45, 7) is 2.54. The van der Waals surface area contributed by atoms with E-state index < -0.39 is 5.82 Å². The van der Waals surface area contributed by atoms with Crippen molar-refractivity contribution in [3.05, 3.63) is 32.7 Å². The Kier molecular flexibility index (Phi) is 4.95. The minimum absolute atomic E-state index is 0.0350. The maximum atomic E-state index is 13.2. The van der Waals surface area contributed by atoms with Gasteiger partial charge in [0.2, 0.25) is 17.2 Å². The molecule has 0 atom stereocenters. The highest BCUT2D eigenvalue weighted by Crippen LogP contribution is 2.33. The van der Waals surface area contributed by atoms with Crippen molar-refractivity contribution in [1.29, 1.82) is 0 Å². The Labute approximate surface area is 133 Å². The zero-order chi connectivity index (χ0) is 14.7. The van der Waals surface area contributed by atoms with Gasteiger partial charge in [0.15, 0.2) is 0 Å². The lowest BCUT2D eigenvalue weighted by molar-refractivity contribution is 0.627. The number of anilines is 3. The summed E-state index contributed by atoms with van der Waals surface area (Å²) in [7, 11) is 0. The number of hydrogen-bond donors (Lipinski definition) is 2. The van der Waals surface area contributed by atoms with Crippen LogP contribution in [0.25, 0.3) is 0 Å². The minimum Gasteiger partial charge on any atom is -0.354 e. The molecule has 5 nitrogen and oxygen atoms in total. The molecule has 0 radical (unpaired) electrons. The molecule has 0 aliphatic carbocycles. The van der Waals surface area contributed by atoms with Crippen molar-refractivity contribution in [2.75, 3.05) is 17.2 Å². The maximum Gasteiger partial charge on any atom is 0.233 e. The molecule has 0 aliphatic rings. The summed E-state index contributed by atoms with van der Waals surface area (Å²) in [5, 5.41) is 6.02. The van der Waals surface area contributed by atoms with Gasteiger partial charge in [0.05, 0.1) is 10.7 Å². The van der Waals surface area contributed by atoms with Crippen LogP contribution < -0.4 is 10.6 Å². The van der Waals surface area contributed by atoms with E-state index in [-0.39, 0.29) is 16.3 Å². The second-order valence-corrected chi connectivity index (χ2v) is 5.25. The Morgan fingerprint density at radius 3 is 2.55 bits per heavy atom. The number of benzene rings is 1. The summed E-state index contributed by atoms with van der Waals surface area (Å²) >= 11 is 15.0. The number of halogens is 4. The third kappa shape index (κ3) is 3.68. The highest BCUT2D eigenvalue weighted by molar-refractivity contribution is 9.10. The fraction of sp³-hybridized carbons (Fsp3) is 0.182. The normalized spacial score (nSPS) is 10.4. The summed E-state index contributed by atoms with van der Waals surface area (Å²) in [6.07, 6.45) is 0. The first-order valence-corrected chi connectivity index (χ1v) is 7.11. The van der Waals surface area contributed by atoms with E-state index in [9.17, 15) is 4.39 Å². The van der Waals surface area contributed by atoms with Crippen molar-refractivity contribution in [3.8, 4) is 0 Å². The summed E-state index contributed by atoms with van der Waals surface area (Å²) in [6, 6.07) is 2.46. The minimum atomic E-state index is -0.450. The fourth-order valence-corrected chi connectivity index (χ4v) is 2.48. The van der Waals surface area contributed by atoms with Crippen LogP contribution >= 0.6 is 39.1 Å². The SMILES string of the molecule is CCNc1nc(Cl)nc(Nc2c(Cl)cc(F)cc2Br)n1. The van der Waals surface area contributed by atoms with Crippen LogP contribution in [0, 0.1) is 5.82 Å². The third-order valence-corrected chi connectivity index (χ3v) is 3.28. The molecule has 0 saturated heterocycles. The summed E-state index contributed by atoms with van der Waals surface area (Å²) in [4.78, 5) is 12.0. The summed E-state index contributed by atoms with van der Waals surface area (Å²) in [5.74, 6) is 0.0916. The molecule has 0 amide bonds. The van der Waals surface area contributed by atoms with Crippen LogP contribution in [0.3, 0.4) is 0 Å². The fourth-order valence-electron chi connectivity index (χ4n) is 1.42. The van der Waals surface area contributed by atoms with Gasteiger partial charge in [-0.25, -0.2) is 4.39 Å². The van der Waals surface area contributed by atoms with Gasteiger partial charge in [-0.2, -0.15) is 15.0 Å². The van der Waals surface area contributed by atoms with E-state index in [1.54, 1.807) is 0 Å². The average Bonchev–Trinajstić information content (AvgIpc) is 2.33. The van der Waals surface area contributed by atoms with Crippen LogP contribution in [0.2, 0.25) is 10.3 Å². The van der Waals surface area contributed by atoms with E-state index in [2.05, 4.69) is 41.5 Å². The second-order valence-electron chi connectivity index (χ2n) is 3.65. The Balaban J connectivity index is 2.35. The molecule has 2 rings (SSSR count). The monoisotopic (exact) mass is 379 g/mol. The average molecular weight is 381 g/mol. The van der Waals surface area contributed by atoms with Crippen LogP contribution in [0.4, 0.5) is 22.0 Å². The van der Waals surface area contributed by atoms with Crippen LogP contribution in [0.1, 0.15) is 6.92 Å². The van der Waals surface area contributed by atoms with Crippen molar-refractivity contribution in [1.82, 2.24) is 15.0 Å². The Morgan fingerprint density at radius 1 is 1.20 bits per heavy atom. The summed E-state index contributed by atoms with van der Waals surface area (Å²) in [5.41, 5.74) is 0.442. The van der Waals surface area contributed by atoms with Crippen molar-refractivity contribution in [2.45, 2.75) is 6.92 Å². The molecule has 1 heterocycles. The molecule has 0 saturated carbocycles. The topological polar surface area (TPSA) is 62.7 Å². The molecule has 0 aliphatic heterocycles. The largest absolute Gasteiger partial charge is 0.354 e. The first kappa shape index (κ1) is 15.2. The van der Waals surface area contributed by atoms with E-state index in [4.69, 9.17) is 23.2 Å². The maximum absolute atomic E-state index is 13.2. The highest BCUT2D eigenvalue weighted by atomic mass is 79.9. The van der Waals surface area contributed by atoms with Crippen molar-refractivity contribution in [3.63, 3.8) is 0 Å². The second kappa shape index (κ2) is 6.51. The van der Waals surface area contributed by atoms with Gasteiger partial charge >= 0.3 is 0 Å². The zero-order valence-corrected chi connectivity index (χ0v) is 13.3. The van der Waals surface area contributed by atoms with Crippen molar-refractivity contribution in [2.24, 2.45) is 0 Å². The number of nitrogens with one attached hydrogen (secondary N) is 2. The molecule has 0 fully saturated rings. The smallest absolute Gasteiger partial charge is 0.233 e. The molecular formula is C11H9BrCl2FN5. The number of rotatable bonds is 4. The van der Waals surface area contributed by atoms with Crippen molar-refractivity contribution >= 4 is 56.7 Å². The molecule has 2 N–H and O–H groups in total. The Morgan fingerprint density at radius 2 is 1.90 bits per heavy atom. The van der Waals surface area contributed by atoms with Crippen LogP contribution in [-0.2, 0) is 0 Å². The number of aromatic nitrogens is 3. The van der Waals surface area contributed by atoms with Crippen molar-refractivity contribution < 1.29 is 4.39 Å². The van der Waals surface area contributed by atoms with E-state index in [0.717, 1.165) is 0 Å². The van der Waals surface area contributed by atoms with E-state index in [1.807, 2.05) is 6.92 Å². The van der Waals surface area contributed by atoms with Gasteiger partial charge in [-0.1, -0.05) is 11.6 Å². The predicted molar refractivity (Wildman–Crippen MR) is 81.4 cm³/mol. The number of hydrogen-bond acceptors (Lipinski definition) is 5. The van der Waals surface area contributed by atoms with E-state index in [1.165, 1.54) is 12.1 Å². The molecule has 0 unspecified atom stereocenters. The predicted octanol–water partition coefficient (Wildman–Crippen LogP) is 4.26. The molecule has 0 spiro atoms. The quantitative estimate of drug-likeness (QED) is 0.829. The van der Waals surface area contributed by atoms with Gasteiger partial charge in [-0.15, -0.1) is 0 Å². The number of nitrogens with zero attached hydrogens (tertiary/aromatic N) is 3. The molecule has 9 heteroatoms. The van der Waals surface area contributed by atoms with Crippen LogP contribution in [-0.4, -0.2) is 21.5 Å². The van der Waals surface area contributed by atoms with Gasteiger partial charge in [0, 0.05) is 11.0 Å². The van der Waals surface area contributed by atoms with Gasteiger partial charge < -0.3 is 10.6 Å². The van der Waals surface area contributed by atoms with Crippen LogP contribution in [0.5, 0.6) is 0 Å². The molecular weight excluding hydrogens is 372 g/mol. The molecule has 20 heavy (non-hydrogen) atoms. The van der Waals surface area contributed by atoms with E-state index in [0.29, 0.717) is 22.7 Å². The highest BCUT2D eigenvalue weighted by Gasteiger charge is 2.11.